The van der Waals surface area contributed by atoms with Crippen LogP contribution in [0.5, 0.6) is 11.5 Å². The van der Waals surface area contributed by atoms with E-state index in [2.05, 4.69) is 11.4 Å². The fourth-order valence-electron chi connectivity index (χ4n) is 2.14. The maximum Gasteiger partial charge on any atom is 0.242 e. The standard InChI is InChI=1S/C18H18N2O3/c1-22-16-8-6-15(7-9-16)20-18(21)14(12-19)10-13-4-3-5-17(11-13)23-2/h3-9,11,14H,10H2,1-2H3,(H,20,21)/t14-/m0/s1. The number of carbonyl (C=O) groups is 1. The van der Waals surface area contributed by atoms with Gasteiger partial charge in [0.2, 0.25) is 5.91 Å². The van der Waals surface area contributed by atoms with E-state index in [-0.39, 0.29) is 5.91 Å². The van der Waals surface area contributed by atoms with Gasteiger partial charge in [0.15, 0.2) is 0 Å². The van der Waals surface area contributed by atoms with Gasteiger partial charge in [-0.25, -0.2) is 0 Å². The molecular weight excluding hydrogens is 292 g/mol. The Labute approximate surface area is 135 Å². The summed E-state index contributed by atoms with van der Waals surface area (Å²) >= 11 is 0. The topological polar surface area (TPSA) is 71.3 Å². The van der Waals surface area contributed by atoms with Crippen molar-refractivity contribution in [1.29, 1.82) is 5.26 Å². The largest absolute Gasteiger partial charge is 0.497 e. The highest BCUT2D eigenvalue weighted by Crippen LogP contribution is 2.19. The van der Waals surface area contributed by atoms with Gasteiger partial charge in [0.1, 0.15) is 17.4 Å². The van der Waals surface area contributed by atoms with E-state index in [4.69, 9.17) is 9.47 Å². The quantitative estimate of drug-likeness (QED) is 0.890. The Morgan fingerprint density at radius 2 is 1.83 bits per heavy atom. The van der Waals surface area contributed by atoms with Crippen LogP contribution >= 0.6 is 0 Å². The molecule has 1 amide bonds. The van der Waals surface area contributed by atoms with Gasteiger partial charge in [-0.1, -0.05) is 12.1 Å². The lowest BCUT2D eigenvalue weighted by atomic mass is 9.99. The number of anilines is 1. The van der Waals surface area contributed by atoms with Crippen LogP contribution in [0.3, 0.4) is 0 Å². The van der Waals surface area contributed by atoms with Gasteiger partial charge in [0, 0.05) is 5.69 Å². The summed E-state index contributed by atoms with van der Waals surface area (Å²) in [5.41, 5.74) is 1.50. The SMILES string of the molecule is COc1ccc(NC(=O)[C@H](C#N)Cc2cccc(OC)c2)cc1. The molecular formula is C18H18N2O3. The van der Waals surface area contributed by atoms with Gasteiger partial charge in [-0.15, -0.1) is 0 Å². The second-order valence-corrected chi connectivity index (χ2v) is 4.96. The molecule has 0 fully saturated rings. The maximum atomic E-state index is 12.3. The first kappa shape index (κ1) is 16.4. The molecule has 1 N–H and O–H groups in total. The summed E-state index contributed by atoms with van der Waals surface area (Å²) in [6.07, 6.45) is 0.329. The molecule has 118 valence electrons. The minimum atomic E-state index is -0.774. The second-order valence-electron chi connectivity index (χ2n) is 4.96. The van der Waals surface area contributed by atoms with Crippen molar-refractivity contribution < 1.29 is 14.3 Å². The molecule has 0 heterocycles. The van der Waals surface area contributed by atoms with Crippen molar-refractivity contribution >= 4 is 11.6 Å². The van der Waals surface area contributed by atoms with Crippen molar-refractivity contribution in [3.05, 3.63) is 54.1 Å². The smallest absolute Gasteiger partial charge is 0.242 e. The Morgan fingerprint density at radius 3 is 2.43 bits per heavy atom. The molecule has 2 rings (SSSR count). The molecule has 0 radical (unpaired) electrons. The number of nitriles is 1. The van der Waals surface area contributed by atoms with Crippen LogP contribution in [0.2, 0.25) is 0 Å². The van der Waals surface area contributed by atoms with Crippen LogP contribution in [-0.4, -0.2) is 20.1 Å². The van der Waals surface area contributed by atoms with Crippen LogP contribution in [0.1, 0.15) is 5.56 Å². The third-order valence-electron chi connectivity index (χ3n) is 3.40. The molecule has 5 nitrogen and oxygen atoms in total. The van der Waals surface area contributed by atoms with Crippen molar-refractivity contribution in [2.45, 2.75) is 6.42 Å². The molecule has 0 bridgehead atoms. The Kier molecular flexibility index (Phi) is 5.59. The Bertz CT molecular complexity index is 705. The number of amides is 1. The summed E-state index contributed by atoms with van der Waals surface area (Å²) < 4.78 is 10.2. The van der Waals surface area contributed by atoms with Gasteiger partial charge in [0.25, 0.3) is 0 Å². The molecule has 2 aromatic rings. The molecule has 0 aliphatic carbocycles. The zero-order chi connectivity index (χ0) is 16.7. The fourth-order valence-corrected chi connectivity index (χ4v) is 2.14. The van der Waals surface area contributed by atoms with E-state index in [1.54, 1.807) is 38.5 Å². The summed E-state index contributed by atoms with van der Waals surface area (Å²) in [5.74, 6) is 0.302. The molecule has 0 unspecified atom stereocenters. The predicted octanol–water partition coefficient (Wildman–Crippen LogP) is 3.02. The molecule has 0 spiro atoms. The Hall–Kier alpha value is -3.00. The van der Waals surface area contributed by atoms with Crippen molar-refractivity contribution in [1.82, 2.24) is 0 Å². The van der Waals surface area contributed by atoms with Crippen LogP contribution in [-0.2, 0) is 11.2 Å². The van der Waals surface area contributed by atoms with Gasteiger partial charge in [-0.05, 0) is 48.4 Å². The number of benzene rings is 2. The van der Waals surface area contributed by atoms with Crippen LogP contribution in [0.4, 0.5) is 5.69 Å². The van der Waals surface area contributed by atoms with E-state index in [0.29, 0.717) is 23.6 Å². The predicted molar refractivity (Wildman–Crippen MR) is 87.4 cm³/mol. The zero-order valence-corrected chi connectivity index (χ0v) is 13.1. The molecule has 0 saturated heterocycles. The van der Waals surface area contributed by atoms with Gasteiger partial charge >= 0.3 is 0 Å². The lowest BCUT2D eigenvalue weighted by molar-refractivity contribution is -0.118. The van der Waals surface area contributed by atoms with Crippen LogP contribution < -0.4 is 14.8 Å². The lowest BCUT2D eigenvalue weighted by Crippen LogP contribution is -2.23. The van der Waals surface area contributed by atoms with Gasteiger partial charge in [0.05, 0.1) is 20.3 Å². The lowest BCUT2D eigenvalue weighted by Gasteiger charge is -2.11. The van der Waals surface area contributed by atoms with Gasteiger partial charge in [-0.2, -0.15) is 5.26 Å². The Morgan fingerprint density at radius 1 is 1.13 bits per heavy atom. The minimum Gasteiger partial charge on any atom is -0.497 e. The van der Waals surface area contributed by atoms with E-state index in [1.165, 1.54) is 0 Å². The van der Waals surface area contributed by atoms with E-state index in [1.807, 2.05) is 24.3 Å². The van der Waals surface area contributed by atoms with Crippen LogP contribution in [0.25, 0.3) is 0 Å². The molecule has 1 atom stereocenters. The second kappa shape index (κ2) is 7.85. The van der Waals surface area contributed by atoms with Crippen LogP contribution in [0.15, 0.2) is 48.5 Å². The zero-order valence-electron chi connectivity index (χ0n) is 13.1. The third-order valence-corrected chi connectivity index (χ3v) is 3.40. The first-order chi connectivity index (χ1) is 11.2. The first-order valence-corrected chi connectivity index (χ1v) is 7.13. The summed E-state index contributed by atoms with van der Waals surface area (Å²) in [6.45, 7) is 0. The number of rotatable bonds is 6. The summed E-state index contributed by atoms with van der Waals surface area (Å²) in [4.78, 5) is 12.3. The number of nitrogens with one attached hydrogen (secondary N) is 1. The average molecular weight is 310 g/mol. The Balaban J connectivity index is 2.04. The highest BCUT2D eigenvalue weighted by Gasteiger charge is 2.19. The number of methoxy groups -OCH3 is 2. The number of carbonyl (C=O) groups excluding carboxylic acids is 1. The molecule has 23 heavy (non-hydrogen) atoms. The highest BCUT2D eigenvalue weighted by atomic mass is 16.5. The van der Waals surface area contributed by atoms with E-state index in [9.17, 15) is 10.1 Å². The maximum absolute atomic E-state index is 12.3. The molecule has 0 aliphatic heterocycles. The molecule has 5 heteroatoms. The average Bonchev–Trinajstić information content (AvgIpc) is 2.60. The number of hydrogen-bond acceptors (Lipinski definition) is 4. The molecule has 2 aromatic carbocycles. The number of nitrogens with zero attached hydrogens (tertiary/aromatic N) is 1. The van der Waals surface area contributed by atoms with E-state index >= 15 is 0 Å². The first-order valence-electron chi connectivity index (χ1n) is 7.13. The van der Waals surface area contributed by atoms with E-state index in [0.717, 1.165) is 5.56 Å². The highest BCUT2D eigenvalue weighted by molar-refractivity contribution is 5.94. The fraction of sp³-hybridized carbons (Fsp3) is 0.222. The van der Waals surface area contributed by atoms with Gasteiger partial charge < -0.3 is 14.8 Å². The number of ether oxygens (including phenoxy) is 2. The molecule has 0 saturated carbocycles. The summed E-state index contributed by atoms with van der Waals surface area (Å²) in [6, 6.07) is 16.4. The van der Waals surface area contributed by atoms with Gasteiger partial charge in [-0.3, -0.25) is 4.79 Å². The summed E-state index contributed by atoms with van der Waals surface area (Å²) in [5, 5.41) is 12.0. The molecule has 0 aromatic heterocycles. The molecule has 0 aliphatic rings. The third kappa shape index (κ3) is 4.48. The monoisotopic (exact) mass is 310 g/mol. The van der Waals surface area contributed by atoms with Crippen molar-refractivity contribution in [3.63, 3.8) is 0 Å². The normalized spacial score (nSPS) is 11.2. The number of hydrogen-bond donors (Lipinski definition) is 1. The van der Waals surface area contributed by atoms with Crippen molar-refractivity contribution in [2.75, 3.05) is 19.5 Å². The van der Waals surface area contributed by atoms with E-state index < -0.39 is 5.92 Å². The minimum absolute atomic E-state index is 0.329. The summed E-state index contributed by atoms with van der Waals surface area (Å²) in [7, 11) is 3.16. The van der Waals surface area contributed by atoms with Crippen molar-refractivity contribution in [3.8, 4) is 17.6 Å². The van der Waals surface area contributed by atoms with Crippen molar-refractivity contribution in [2.24, 2.45) is 5.92 Å². The van der Waals surface area contributed by atoms with Crippen LogP contribution in [0, 0.1) is 17.2 Å².